The zero-order chi connectivity index (χ0) is 12.3. The van der Waals surface area contributed by atoms with Crippen LogP contribution in [0.5, 0.6) is 0 Å². The number of amides is 1. The molecule has 0 bridgehead atoms. The summed E-state index contributed by atoms with van der Waals surface area (Å²) in [4.78, 5) is 14.2. The Morgan fingerprint density at radius 2 is 2.29 bits per heavy atom. The van der Waals surface area contributed by atoms with Crippen molar-refractivity contribution in [3.05, 3.63) is 0 Å². The summed E-state index contributed by atoms with van der Waals surface area (Å²) in [6, 6.07) is 0.154. The third kappa shape index (κ3) is 2.78. The Morgan fingerprint density at radius 3 is 2.94 bits per heavy atom. The van der Waals surface area contributed by atoms with E-state index in [9.17, 15) is 4.79 Å². The number of piperidine rings is 1. The fraction of sp³-hybridized carbons (Fsp3) is 0.917. The third-order valence-electron chi connectivity index (χ3n) is 3.73. The molecule has 5 heteroatoms. The lowest BCUT2D eigenvalue weighted by atomic mass is 9.90. The Balaban J connectivity index is 2.00. The van der Waals surface area contributed by atoms with Crippen molar-refractivity contribution >= 4 is 5.91 Å². The highest BCUT2D eigenvalue weighted by Gasteiger charge is 2.35. The number of nitrogens with two attached hydrogens (primary N) is 1. The lowest BCUT2D eigenvalue weighted by Crippen LogP contribution is -2.56. The minimum Gasteiger partial charge on any atom is -0.376 e. The molecule has 2 fully saturated rings. The van der Waals surface area contributed by atoms with Gasteiger partial charge in [0.2, 0.25) is 0 Å². The van der Waals surface area contributed by atoms with Gasteiger partial charge in [0.1, 0.15) is 0 Å². The van der Waals surface area contributed by atoms with Gasteiger partial charge in [-0.05, 0) is 18.8 Å². The van der Waals surface area contributed by atoms with Crippen molar-refractivity contribution in [3.8, 4) is 0 Å². The number of hydrogen-bond donors (Lipinski definition) is 1. The molecule has 0 aromatic rings. The smallest absolute Gasteiger partial charge is 0.254 e. The van der Waals surface area contributed by atoms with Gasteiger partial charge in [0.15, 0.2) is 6.10 Å². The average Bonchev–Trinajstić information content (AvgIpc) is 2.38. The molecular weight excluding hydrogens is 220 g/mol. The molecule has 0 aromatic heterocycles. The molecule has 2 rings (SSSR count). The number of likely N-dealkylation sites (tertiary alicyclic amines) is 1. The van der Waals surface area contributed by atoms with E-state index in [-0.39, 0.29) is 11.9 Å². The van der Waals surface area contributed by atoms with Crippen molar-refractivity contribution in [2.24, 2.45) is 11.7 Å². The van der Waals surface area contributed by atoms with Crippen LogP contribution in [0.2, 0.25) is 0 Å². The maximum Gasteiger partial charge on any atom is 0.254 e. The Bertz CT molecular complexity index is 266. The van der Waals surface area contributed by atoms with E-state index in [1.165, 1.54) is 0 Å². The Morgan fingerprint density at radius 1 is 1.47 bits per heavy atom. The predicted molar refractivity (Wildman–Crippen MR) is 63.5 cm³/mol. The SMILES string of the molecule is CC1CCCN(C(=O)C2COCCO2)C1CN. The number of ether oxygens (including phenoxy) is 2. The van der Waals surface area contributed by atoms with Crippen LogP contribution in [0.25, 0.3) is 0 Å². The summed E-state index contributed by atoms with van der Waals surface area (Å²) in [6.45, 7) is 4.95. The molecular formula is C12H22N2O3. The Hall–Kier alpha value is -0.650. The van der Waals surface area contributed by atoms with Gasteiger partial charge in [0.25, 0.3) is 5.91 Å². The highest BCUT2D eigenvalue weighted by molar-refractivity contribution is 5.81. The van der Waals surface area contributed by atoms with Crippen molar-refractivity contribution in [2.45, 2.75) is 31.9 Å². The fourth-order valence-corrected chi connectivity index (χ4v) is 2.70. The molecule has 0 radical (unpaired) electrons. The molecule has 2 aliphatic rings. The van der Waals surface area contributed by atoms with Crippen molar-refractivity contribution < 1.29 is 14.3 Å². The van der Waals surface area contributed by atoms with E-state index >= 15 is 0 Å². The molecule has 0 spiro atoms. The van der Waals surface area contributed by atoms with Crippen LogP contribution in [0.1, 0.15) is 19.8 Å². The number of nitrogens with zero attached hydrogens (tertiary/aromatic N) is 1. The van der Waals surface area contributed by atoms with Crippen LogP contribution in [-0.2, 0) is 14.3 Å². The lowest BCUT2D eigenvalue weighted by Gasteiger charge is -2.41. The number of carbonyl (C=O) groups is 1. The van der Waals surface area contributed by atoms with E-state index in [1.807, 2.05) is 4.90 Å². The van der Waals surface area contributed by atoms with E-state index in [2.05, 4.69) is 6.92 Å². The summed E-state index contributed by atoms with van der Waals surface area (Å²) >= 11 is 0. The minimum absolute atomic E-state index is 0.0479. The van der Waals surface area contributed by atoms with Gasteiger partial charge >= 0.3 is 0 Å². The van der Waals surface area contributed by atoms with Gasteiger partial charge in [-0.25, -0.2) is 0 Å². The maximum absolute atomic E-state index is 12.3. The molecule has 0 aliphatic carbocycles. The fourth-order valence-electron chi connectivity index (χ4n) is 2.70. The van der Waals surface area contributed by atoms with Crippen LogP contribution in [0.4, 0.5) is 0 Å². The molecule has 0 aromatic carbocycles. The van der Waals surface area contributed by atoms with Gasteiger partial charge in [-0.2, -0.15) is 0 Å². The monoisotopic (exact) mass is 242 g/mol. The first-order chi connectivity index (χ1) is 8.24. The molecule has 1 amide bonds. The van der Waals surface area contributed by atoms with E-state index in [0.29, 0.717) is 32.3 Å². The second-order valence-corrected chi connectivity index (χ2v) is 4.89. The predicted octanol–water partition coefficient (Wildman–Crippen LogP) is -0.0124. The molecule has 17 heavy (non-hydrogen) atoms. The van der Waals surface area contributed by atoms with E-state index in [1.54, 1.807) is 0 Å². The maximum atomic E-state index is 12.3. The van der Waals surface area contributed by atoms with E-state index in [4.69, 9.17) is 15.2 Å². The number of hydrogen-bond acceptors (Lipinski definition) is 4. The van der Waals surface area contributed by atoms with Crippen LogP contribution >= 0.6 is 0 Å². The molecule has 5 nitrogen and oxygen atoms in total. The van der Waals surface area contributed by atoms with Gasteiger partial charge in [0.05, 0.1) is 19.8 Å². The van der Waals surface area contributed by atoms with E-state index < -0.39 is 6.10 Å². The van der Waals surface area contributed by atoms with Crippen LogP contribution in [0.15, 0.2) is 0 Å². The van der Waals surface area contributed by atoms with Crippen molar-refractivity contribution in [3.63, 3.8) is 0 Å². The third-order valence-corrected chi connectivity index (χ3v) is 3.73. The molecule has 2 saturated heterocycles. The quantitative estimate of drug-likeness (QED) is 0.739. The van der Waals surface area contributed by atoms with Gasteiger partial charge in [0, 0.05) is 19.1 Å². The van der Waals surface area contributed by atoms with Crippen molar-refractivity contribution in [2.75, 3.05) is 32.9 Å². The molecule has 2 N–H and O–H groups in total. The topological polar surface area (TPSA) is 64.8 Å². The summed E-state index contributed by atoms with van der Waals surface area (Å²) in [7, 11) is 0. The Kier molecular flexibility index (Phi) is 4.36. The summed E-state index contributed by atoms with van der Waals surface area (Å²) in [5.74, 6) is 0.522. The molecule has 3 atom stereocenters. The highest BCUT2D eigenvalue weighted by atomic mass is 16.6. The highest BCUT2D eigenvalue weighted by Crippen LogP contribution is 2.24. The lowest BCUT2D eigenvalue weighted by molar-refractivity contribution is -0.162. The van der Waals surface area contributed by atoms with E-state index in [0.717, 1.165) is 19.4 Å². The summed E-state index contributed by atoms with van der Waals surface area (Å²) in [5, 5.41) is 0. The van der Waals surface area contributed by atoms with Gasteiger partial charge in [-0.15, -0.1) is 0 Å². The standard InChI is InChI=1S/C12H22N2O3/c1-9-3-2-4-14(10(9)7-13)12(15)11-8-16-5-6-17-11/h9-11H,2-8,13H2,1H3. The van der Waals surface area contributed by atoms with Crippen LogP contribution in [-0.4, -0.2) is 55.9 Å². The van der Waals surface area contributed by atoms with Crippen molar-refractivity contribution in [1.82, 2.24) is 4.90 Å². The molecule has 0 saturated carbocycles. The molecule has 2 aliphatic heterocycles. The summed E-state index contributed by atoms with van der Waals surface area (Å²) < 4.78 is 10.8. The summed E-state index contributed by atoms with van der Waals surface area (Å²) in [5.41, 5.74) is 5.79. The second kappa shape index (κ2) is 5.80. The first-order valence-electron chi connectivity index (χ1n) is 6.44. The van der Waals surface area contributed by atoms with Gasteiger partial charge < -0.3 is 20.1 Å². The minimum atomic E-state index is -0.428. The number of carbonyl (C=O) groups excluding carboxylic acids is 1. The van der Waals surface area contributed by atoms with Gasteiger partial charge in [-0.3, -0.25) is 4.79 Å². The van der Waals surface area contributed by atoms with Crippen LogP contribution in [0, 0.1) is 5.92 Å². The van der Waals surface area contributed by atoms with Crippen molar-refractivity contribution in [1.29, 1.82) is 0 Å². The largest absolute Gasteiger partial charge is 0.376 e. The second-order valence-electron chi connectivity index (χ2n) is 4.89. The molecule has 3 unspecified atom stereocenters. The van der Waals surface area contributed by atoms with Crippen LogP contribution < -0.4 is 5.73 Å². The normalized spacial score (nSPS) is 34.7. The number of rotatable bonds is 2. The van der Waals surface area contributed by atoms with Crippen LogP contribution in [0.3, 0.4) is 0 Å². The van der Waals surface area contributed by atoms with Gasteiger partial charge in [-0.1, -0.05) is 6.92 Å². The average molecular weight is 242 g/mol. The zero-order valence-corrected chi connectivity index (χ0v) is 10.4. The summed E-state index contributed by atoms with van der Waals surface area (Å²) in [6.07, 6.45) is 1.77. The molecule has 2 heterocycles. The first-order valence-corrected chi connectivity index (χ1v) is 6.44. The zero-order valence-electron chi connectivity index (χ0n) is 10.4. The molecule has 98 valence electrons. The Labute approximate surface area is 102 Å². The first kappa shape index (κ1) is 12.8.